The Morgan fingerprint density at radius 1 is 1.23 bits per heavy atom. The summed E-state index contributed by atoms with van der Waals surface area (Å²) < 4.78 is 28.4. The second-order valence-electron chi connectivity index (χ2n) is 8.43. The van der Waals surface area contributed by atoms with E-state index in [4.69, 9.17) is 11.0 Å². The van der Waals surface area contributed by atoms with Crippen LogP contribution < -0.4 is 5.73 Å². The summed E-state index contributed by atoms with van der Waals surface area (Å²) in [5.41, 5.74) is 8.05. The molecule has 2 N–H and O–H groups in total. The van der Waals surface area contributed by atoms with E-state index < -0.39 is 16.6 Å². The molecule has 0 aliphatic carbocycles. The quantitative estimate of drug-likeness (QED) is 0.472. The van der Waals surface area contributed by atoms with Gasteiger partial charge < -0.3 is 10.6 Å². The van der Waals surface area contributed by atoms with Crippen LogP contribution in [0.15, 0.2) is 59.9 Å². The van der Waals surface area contributed by atoms with Crippen LogP contribution >= 0.6 is 0 Å². The maximum atomic E-state index is 14.3. The Hall–Kier alpha value is -3.94. The van der Waals surface area contributed by atoms with Crippen LogP contribution in [0.5, 0.6) is 0 Å². The van der Waals surface area contributed by atoms with Gasteiger partial charge in [0.1, 0.15) is 5.82 Å². The van der Waals surface area contributed by atoms with E-state index in [1.165, 1.54) is 30.6 Å². The molecule has 2 atom stereocenters. The van der Waals surface area contributed by atoms with Crippen LogP contribution in [0.2, 0.25) is 0 Å². The fraction of sp³-hybridized carbons (Fsp3) is 0.200. The van der Waals surface area contributed by atoms with E-state index in [1.807, 2.05) is 6.07 Å². The zero-order valence-corrected chi connectivity index (χ0v) is 19.6. The molecule has 0 radical (unpaired) electrons. The summed E-state index contributed by atoms with van der Waals surface area (Å²) in [7, 11) is -1.29. The predicted octanol–water partition coefficient (Wildman–Crippen LogP) is 3.01. The minimum absolute atomic E-state index is 0.0220. The van der Waals surface area contributed by atoms with Crippen LogP contribution in [0.1, 0.15) is 22.3 Å². The highest BCUT2D eigenvalue weighted by molar-refractivity contribution is 7.84. The lowest BCUT2D eigenvalue weighted by Crippen LogP contribution is -2.31. The van der Waals surface area contributed by atoms with Crippen LogP contribution in [0.4, 0.5) is 4.39 Å². The number of nitrogens with zero attached hydrogens (tertiary/aromatic N) is 5. The Balaban J connectivity index is 1.57. The Kier molecular flexibility index (Phi) is 5.88. The molecule has 1 amide bonds. The lowest BCUT2D eigenvalue weighted by atomic mass is 10.1. The van der Waals surface area contributed by atoms with Crippen LogP contribution in [0, 0.1) is 17.1 Å². The third-order valence-electron chi connectivity index (χ3n) is 6.10. The van der Waals surface area contributed by atoms with Crippen molar-refractivity contribution in [3.63, 3.8) is 0 Å². The number of benzene rings is 2. The summed E-state index contributed by atoms with van der Waals surface area (Å²) in [5, 5.41) is 9.84. The van der Waals surface area contributed by atoms with Crippen LogP contribution in [0.3, 0.4) is 0 Å². The first-order valence-electron chi connectivity index (χ1n) is 10.9. The van der Waals surface area contributed by atoms with Crippen molar-refractivity contribution in [1.29, 1.82) is 5.26 Å². The summed E-state index contributed by atoms with van der Waals surface area (Å²) in [6.07, 6.45) is 6.97. The van der Waals surface area contributed by atoms with Crippen molar-refractivity contribution in [2.75, 3.05) is 19.3 Å². The molecule has 8 nitrogen and oxygen atoms in total. The summed E-state index contributed by atoms with van der Waals surface area (Å²) >= 11 is 0. The summed E-state index contributed by atoms with van der Waals surface area (Å²) in [5.74, 6) is -0.323. The average Bonchev–Trinajstić information content (AvgIpc) is 3.47. The molecule has 176 valence electrons. The fourth-order valence-electron chi connectivity index (χ4n) is 4.28. The summed E-state index contributed by atoms with van der Waals surface area (Å²) in [6.45, 7) is 1.12. The maximum Gasteiger partial charge on any atom is 0.253 e. The summed E-state index contributed by atoms with van der Waals surface area (Å²) in [4.78, 5) is 24.1. The molecule has 1 fully saturated rings. The van der Waals surface area contributed by atoms with Crippen molar-refractivity contribution in [2.24, 2.45) is 5.73 Å². The third-order valence-corrected chi connectivity index (χ3v) is 7.04. The van der Waals surface area contributed by atoms with Gasteiger partial charge in [0.2, 0.25) is 5.95 Å². The molecule has 4 aromatic rings. The first-order valence-corrected chi connectivity index (χ1v) is 12.5. The average molecular weight is 489 g/mol. The van der Waals surface area contributed by atoms with E-state index in [-0.39, 0.29) is 23.5 Å². The Labute approximate surface area is 203 Å². The minimum atomic E-state index is -1.29. The highest BCUT2D eigenvalue weighted by Crippen LogP contribution is 2.29. The van der Waals surface area contributed by atoms with Gasteiger partial charge in [-0.3, -0.25) is 13.6 Å². The standard InChI is InChI=1S/C25H21FN6O2S/c1-35(34)23-14-32(22-9-16(3-4-19(22)23)24(33)31-7-6-18(28)13-31)25-29-11-17(12-30-25)20-8-15(10-27)2-5-21(20)26/h2-5,8-9,11-12,14,18H,6-7,13,28H2,1H3/t18-,35?/m1/s1. The van der Waals surface area contributed by atoms with E-state index in [1.54, 1.807) is 40.1 Å². The van der Waals surface area contributed by atoms with Crippen molar-refractivity contribution < 1.29 is 13.4 Å². The largest absolute Gasteiger partial charge is 0.337 e. The van der Waals surface area contributed by atoms with Gasteiger partial charge in [-0.05, 0) is 36.8 Å². The number of nitrogens with two attached hydrogens (primary N) is 1. The third kappa shape index (κ3) is 4.20. The van der Waals surface area contributed by atoms with Crippen molar-refractivity contribution in [1.82, 2.24) is 19.4 Å². The van der Waals surface area contributed by atoms with Crippen molar-refractivity contribution in [3.8, 4) is 23.1 Å². The molecule has 1 saturated heterocycles. The van der Waals surface area contributed by atoms with Gasteiger partial charge in [0.25, 0.3) is 5.91 Å². The number of likely N-dealkylation sites (tertiary alicyclic amines) is 1. The van der Waals surface area contributed by atoms with Gasteiger partial charge in [-0.25, -0.2) is 14.4 Å². The van der Waals surface area contributed by atoms with Gasteiger partial charge in [-0.15, -0.1) is 0 Å². The monoisotopic (exact) mass is 488 g/mol. The maximum absolute atomic E-state index is 14.3. The van der Waals surface area contributed by atoms with Gasteiger partial charge in [0.15, 0.2) is 0 Å². The van der Waals surface area contributed by atoms with Gasteiger partial charge in [-0.2, -0.15) is 5.26 Å². The lowest BCUT2D eigenvalue weighted by Gasteiger charge is -2.16. The molecule has 3 heterocycles. The van der Waals surface area contributed by atoms with Crippen LogP contribution in [-0.2, 0) is 10.8 Å². The number of nitriles is 1. The number of hydrogen-bond acceptors (Lipinski definition) is 6. The number of carbonyl (C=O) groups excluding carboxylic acids is 1. The van der Waals surface area contributed by atoms with Gasteiger partial charge in [0, 0.05) is 66.1 Å². The number of aromatic nitrogens is 3. The molecule has 5 rings (SSSR count). The molecular formula is C25H21FN6O2S. The minimum Gasteiger partial charge on any atom is -0.337 e. The second kappa shape index (κ2) is 9.02. The summed E-state index contributed by atoms with van der Waals surface area (Å²) in [6, 6.07) is 11.3. The Morgan fingerprint density at radius 2 is 2.00 bits per heavy atom. The zero-order chi connectivity index (χ0) is 24.7. The SMILES string of the molecule is CS(=O)c1cn(-c2ncc(-c3cc(C#N)ccc3F)cn2)c2cc(C(=O)N3CC[C@@H](N)C3)ccc12. The predicted molar refractivity (Wildman–Crippen MR) is 130 cm³/mol. The van der Waals surface area contributed by atoms with Gasteiger partial charge in [-0.1, -0.05) is 6.07 Å². The molecule has 2 aromatic carbocycles. The van der Waals surface area contributed by atoms with E-state index in [2.05, 4.69) is 9.97 Å². The number of carbonyl (C=O) groups is 1. The van der Waals surface area contributed by atoms with E-state index >= 15 is 0 Å². The number of halogens is 1. The van der Waals surface area contributed by atoms with Crippen LogP contribution in [0.25, 0.3) is 28.0 Å². The Bertz CT molecular complexity index is 1530. The molecule has 10 heteroatoms. The van der Waals surface area contributed by atoms with Crippen molar-refractivity contribution in [2.45, 2.75) is 17.4 Å². The molecule has 0 bridgehead atoms. The fourth-order valence-corrected chi connectivity index (χ4v) is 5.01. The van der Waals surface area contributed by atoms with Crippen LogP contribution in [-0.4, -0.2) is 54.9 Å². The molecule has 35 heavy (non-hydrogen) atoms. The van der Waals surface area contributed by atoms with Gasteiger partial charge >= 0.3 is 0 Å². The molecule has 2 aromatic heterocycles. The normalized spacial score (nSPS) is 16.4. The lowest BCUT2D eigenvalue weighted by molar-refractivity contribution is 0.0791. The molecule has 1 aliphatic rings. The number of rotatable bonds is 4. The molecule has 1 aliphatic heterocycles. The van der Waals surface area contributed by atoms with Crippen molar-refractivity contribution >= 4 is 27.6 Å². The smallest absolute Gasteiger partial charge is 0.253 e. The number of amides is 1. The van der Waals surface area contributed by atoms with E-state index in [0.29, 0.717) is 40.2 Å². The molecule has 0 saturated carbocycles. The number of fused-ring (bicyclic) bond motifs is 1. The highest BCUT2D eigenvalue weighted by Gasteiger charge is 2.25. The van der Waals surface area contributed by atoms with Gasteiger partial charge in [0.05, 0.1) is 32.8 Å². The molecule has 1 unspecified atom stereocenters. The molecule has 0 spiro atoms. The first-order chi connectivity index (χ1) is 16.9. The highest BCUT2D eigenvalue weighted by atomic mass is 32.2. The first kappa shape index (κ1) is 22.8. The number of hydrogen-bond donors (Lipinski definition) is 1. The second-order valence-corrected chi connectivity index (χ2v) is 9.78. The zero-order valence-electron chi connectivity index (χ0n) is 18.8. The van der Waals surface area contributed by atoms with E-state index in [0.717, 1.165) is 11.8 Å². The Morgan fingerprint density at radius 3 is 2.66 bits per heavy atom. The van der Waals surface area contributed by atoms with E-state index in [9.17, 15) is 13.4 Å². The van der Waals surface area contributed by atoms with Crippen molar-refractivity contribution in [3.05, 3.63) is 71.9 Å². The topological polar surface area (TPSA) is 118 Å². The molecular weight excluding hydrogens is 467 g/mol.